The number of phenols is 1. The van der Waals surface area contributed by atoms with Gasteiger partial charge in [-0.3, -0.25) is 0 Å². The highest BCUT2D eigenvalue weighted by Crippen LogP contribution is 2.64. The van der Waals surface area contributed by atoms with Gasteiger partial charge in [0.2, 0.25) is 0 Å². The molecule has 6 atom stereocenters. The number of aliphatic hydroxyl groups excluding tert-OH is 1. The lowest BCUT2D eigenvalue weighted by Gasteiger charge is -2.57. The van der Waals surface area contributed by atoms with Crippen molar-refractivity contribution in [2.75, 3.05) is 0 Å². The van der Waals surface area contributed by atoms with Gasteiger partial charge in [0, 0.05) is 11.1 Å². The first-order valence-corrected chi connectivity index (χ1v) is 11.7. The van der Waals surface area contributed by atoms with Crippen LogP contribution in [0.3, 0.4) is 0 Å². The van der Waals surface area contributed by atoms with Gasteiger partial charge >= 0.3 is 0 Å². The van der Waals surface area contributed by atoms with E-state index in [-0.39, 0.29) is 22.7 Å². The molecule has 3 saturated carbocycles. The molecule has 0 spiro atoms. The molecule has 0 unspecified atom stereocenters. The molecule has 1 aromatic carbocycles. The van der Waals surface area contributed by atoms with E-state index >= 15 is 0 Å². The van der Waals surface area contributed by atoms with Crippen molar-refractivity contribution < 1.29 is 10.2 Å². The molecular formula is C26H34N2O2. The Hall–Kier alpha value is -1.94. The molecule has 0 bridgehead atoms. The van der Waals surface area contributed by atoms with Crippen molar-refractivity contribution in [1.82, 2.24) is 0 Å². The summed E-state index contributed by atoms with van der Waals surface area (Å²) in [4.78, 5) is 0. The summed E-state index contributed by atoms with van der Waals surface area (Å²) >= 11 is 0. The topological polar surface area (TPSA) is 65.2 Å². The summed E-state index contributed by atoms with van der Waals surface area (Å²) in [5.41, 5.74) is 4.12. The van der Waals surface area contributed by atoms with Crippen LogP contribution in [0.15, 0.2) is 46.1 Å². The molecule has 160 valence electrons. The van der Waals surface area contributed by atoms with E-state index < -0.39 is 0 Å². The highest BCUT2D eigenvalue weighted by atomic mass is 16.3. The molecule has 4 heteroatoms. The summed E-state index contributed by atoms with van der Waals surface area (Å²) in [5.74, 6) is 2.42. The van der Waals surface area contributed by atoms with Crippen LogP contribution in [0.4, 0.5) is 0 Å². The molecule has 4 aliphatic carbocycles. The van der Waals surface area contributed by atoms with Gasteiger partial charge in [-0.1, -0.05) is 37.6 Å². The van der Waals surface area contributed by atoms with E-state index in [1.54, 1.807) is 18.3 Å². The number of hydrogen-bond donors (Lipinski definition) is 2. The van der Waals surface area contributed by atoms with Gasteiger partial charge in [0.25, 0.3) is 0 Å². The van der Waals surface area contributed by atoms with Gasteiger partial charge in [0.15, 0.2) is 0 Å². The zero-order chi connectivity index (χ0) is 20.9. The smallest absolute Gasteiger partial charge is 0.116 e. The summed E-state index contributed by atoms with van der Waals surface area (Å²) < 4.78 is 0. The Balaban J connectivity index is 1.38. The predicted octanol–water partition coefficient (Wildman–Crippen LogP) is 5.49. The third kappa shape index (κ3) is 3.15. The van der Waals surface area contributed by atoms with E-state index in [9.17, 15) is 10.2 Å². The molecule has 4 nitrogen and oxygen atoms in total. The van der Waals surface area contributed by atoms with Gasteiger partial charge in [-0.15, -0.1) is 0 Å². The number of fused-ring (bicyclic) bond motifs is 5. The number of aromatic hydroxyl groups is 1. The molecule has 0 saturated heterocycles. The average Bonchev–Trinajstić information content (AvgIpc) is 3.05. The SMILES string of the molecule is C[C@]12CC[C@H](O)CC1=CC[C@@H]1[C@@H]2CC[C@]2(C)/C(=N/N=C/c3cccc(O)c3)CC[C@@H]12. The van der Waals surface area contributed by atoms with Crippen LogP contribution in [0.1, 0.15) is 70.8 Å². The summed E-state index contributed by atoms with van der Waals surface area (Å²) in [6.07, 6.45) is 13.0. The number of benzene rings is 1. The number of nitrogens with zero attached hydrogens (tertiary/aromatic N) is 2. The first kappa shape index (κ1) is 20.0. The van der Waals surface area contributed by atoms with Crippen LogP contribution in [0.5, 0.6) is 5.75 Å². The third-order valence-electron chi connectivity index (χ3n) is 9.07. The minimum atomic E-state index is -0.135. The second-order valence-electron chi connectivity index (χ2n) is 10.5. The lowest BCUT2D eigenvalue weighted by Crippen LogP contribution is -2.50. The summed E-state index contributed by atoms with van der Waals surface area (Å²) in [7, 11) is 0. The third-order valence-corrected chi connectivity index (χ3v) is 9.07. The van der Waals surface area contributed by atoms with Crippen molar-refractivity contribution in [3.8, 4) is 5.75 Å². The van der Waals surface area contributed by atoms with E-state index in [2.05, 4.69) is 25.0 Å². The van der Waals surface area contributed by atoms with Crippen molar-refractivity contribution in [2.45, 2.75) is 71.3 Å². The summed E-state index contributed by atoms with van der Waals surface area (Å²) in [6.45, 7) is 4.91. The zero-order valence-corrected chi connectivity index (χ0v) is 18.2. The second-order valence-corrected chi connectivity index (χ2v) is 10.5. The molecule has 0 heterocycles. The molecule has 0 aliphatic heterocycles. The molecule has 30 heavy (non-hydrogen) atoms. The largest absolute Gasteiger partial charge is 0.508 e. The zero-order valence-electron chi connectivity index (χ0n) is 18.2. The van der Waals surface area contributed by atoms with Crippen LogP contribution in [-0.4, -0.2) is 28.2 Å². The Morgan fingerprint density at radius 1 is 1.07 bits per heavy atom. The van der Waals surface area contributed by atoms with Crippen LogP contribution in [0.25, 0.3) is 0 Å². The molecular weight excluding hydrogens is 372 g/mol. The van der Waals surface area contributed by atoms with Crippen LogP contribution in [0.2, 0.25) is 0 Å². The normalized spacial score (nSPS) is 42.0. The summed E-state index contributed by atoms with van der Waals surface area (Å²) in [6, 6.07) is 7.14. The number of phenolic OH excluding ortho intramolecular Hbond substituents is 1. The number of allylic oxidation sites excluding steroid dienone is 1. The minimum absolute atomic E-state index is 0.135. The highest BCUT2D eigenvalue weighted by molar-refractivity contribution is 5.93. The lowest BCUT2D eigenvalue weighted by atomic mass is 9.48. The maximum absolute atomic E-state index is 10.2. The van der Waals surface area contributed by atoms with Crippen LogP contribution in [0, 0.1) is 28.6 Å². The van der Waals surface area contributed by atoms with Gasteiger partial charge < -0.3 is 10.2 Å². The maximum Gasteiger partial charge on any atom is 0.116 e. The van der Waals surface area contributed by atoms with E-state index in [0.29, 0.717) is 5.92 Å². The summed E-state index contributed by atoms with van der Waals surface area (Å²) in [5, 5.41) is 28.9. The predicted molar refractivity (Wildman–Crippen MR) is 121 cm³/mol. The second kappa shape index (κ2) is 7.33. The van der Waals surface area contributed by atoms with Crippen molar-refractivity contribution >= 4 is 11.9 Å². The van der Waals surface area contributed by atoms with Crippen LogP contribution >= 0.6 is 0 Å². The molecule has 5 rings (SSSR count). The average molecular weight is 407 g/mol. The first-order valence-electron chi connectivity index (χ1n) is 11.7. The van der Waals surface area contributed by atoms with E-state index in [0.717, 1.165) is 43.1 Å². The van der Waals surface area contributed by atoms with Crippen molar-refractivity contribution in [3.05, 3.63) is 41.5 Å². The Kier molecular flexibility index (Phi) is 4.89. The fourth-order valence-corrected chi connectivity index (χ4v) is 7.37. The Bertz CT molecular complexity index is 919. The Labute approximate surface area is 179 Å². The van der Waals surface area contributed by atoms with E-state index in [1.165, 1.54) is 37.0 Å². The molecule has 3 fully saturated rings. The maximum atomic E-state index is 10.2. The molecule has 0 amide bonds. The van der Waals surface area contributed by atoms with Crippen LogP contribution in [-0.2, 0) is 0 Å². The standard InChI is InChI=1S/C26H34N2O2/c1-25-12-10-20(30)15-18(25)6-7-21-22-8-9-24(26(22,2)13-11-23(21)25)28-27-16-17-4-3-5-19(29)14-17/h3-6,14,16,20-23,29-30H,7-13,15H2,1-2H3/b27-16+,28-24+/t20-,21-,22-,23-,25-,26-/m0/s1. The first-order chi connectivity index (χ1) is 14.4. The quantitative estimate of drug-likeness (QED) is 0.387. The molecule has 2 N–H and O–H groups in total. The van der Waals surface area contributed by atoms with Gasteiger partial charge in [0.05, 0.1) is 12.3 Å². The van der Waals surface area contributed by atoms with Crippen molar-refractivity contribution in [3.63, 3.8) is 0 Å². The van der Waals surface area contributed by atoms with Gasteiger partial charge in [-0.25, -0.2) is 0 Å². The fraction of sp³-hybridized carbons (Fsp3) is 0.615. The van der Waals surface area contributed by atoms with E-state index in [1.807, 2.05) is 12.1 Å². The lowest BCUT2D eigenvalue weighted by molar-refractivity contribution is -0.0209. The van der Waals surface area contributed by atoms with E-state index in [4.69, 9.17) is 5.10 Å². The number of aliphatic hydroxyl groups is 1. The van der Waals surface area contributed by atoms with Gasteiger partial charge in [-0.05, 0) is 92.2 Å². The fourth-order valence-electron chi connectivity index (χ4n) is 7.37. The monoisotopic (exact) mass is 406 g/mol. The molecule has 0 aromatic heterocycles. The molecule has 1 aromatic rings. The Morgan fingerprint density at radius 2 is 1.87 bits per heavy atom. The van der Waals surface area contributed by atoms with Gasteiger partial charge in [-0.2, -0.15) is 10.2 Å². The van der Waals surface area contributed by atoms with Crippen molar-refractivity contribution in [2.24, 2.45) is 38.8 Å². The Morgan fingerprint density at radius 3 is 2.70 bits per heavy atom. The number of hydrogen-bond acceptors (Lipinski definition) is 4. The van der Waals surface area contributed by atoms with Gasteiger partial charge in [0.1, 0.15) is 5.75 Å². The molecule has 4 aliphatic rings. The minimum Gasteiger partial charge on any atom is -0.508 e. The molecule has 0 radical (unpaired) electrons. The van der Waals surface area contributed by atoms with Crippen LogP contribution < -0.4 is 0 Å². The van der Waals surface area contributed by atoms with Crippen molar-refractivity contribution in [1.29, 1.82) is 0 Å². The highest BCUT2D eigenvalue weighted by Gasteiger charge is 2.57. The number of rotatable bonds is 2.